The van der Waals surface area contributed by atoms with Crippen LogP contribution in [0, 0.1) is 5.92 Å². The second-order valence-corrected chi connectivity index (χ2v) is 7.84. The highest BCUT2D eigenvalue weighted by Gasteiger charge is 2.33. The zero-order valence-corrected chi connectivity index (χ0v) is 13.0. The molecule has 3 rings (SSSR count). The van der Waals surface area contributed by atoms with E-state index in [0.717, 1.165) is 19.3 Å². The van der Waals surface area contributed by atoms with Crippen molar-refractivity contribution in [1.29, 1.82) is 0 Å². The number of sulfonamides is 1. The molecular formula is C12H18N4O2S2. The summed E-state index contributed by atoms with van der Waals surface area (Å²) >= 11 is 1.38. The average molecular weight is 314 g/mol. The van der Waals surface area contributed by atoms with Crippen molar-refractivity contribution in [3.8, 4) is 0 Å². The lowest BCUT2D eigenvalue weighted by atomic mass is 9.96. The standard InChI is InChI=1S/C12H18N4O2S2/c1-2-9-3-5-15(6-4-9)20(17,18)11-10(13)14-12-16(11)7-8-19-12/h7-9H,2-6,13H2,1H3. The number of hydrogen-bond acceptors (Lipinski definition) is 5. The van der Waals surface area contributed by atoms with Crippen LogP contribution in [0.4, 0.5) is 5.82 Å². The first-order chi connectivity index (χ1) is 9.54. The van der Waals surface area contributed by atoms with Gasteiger partial charge in [0.2, 0.25) is 0 Å². The number of rotatable bonds is 3. The van der Waals surface area contributed by atoms with E-state index < -0.39 is 10.0 Å². The summed E-state index contributed by atoms with van der Waals surface area (Å²) in [6.07, 6.45) is 4.65. The van der Waals surface area contributed by atoms with Crippen LogP contribution in [0.5, 0.6) is 0 Å². The lowest BCUT2D eigenvalue weighted by molar-refractivity contribution is 0.268. The van der Waals surface area contributed by atoms with Crippen molar-refractivity contribution in [2.24, 2.45) is 5.92 Å². The number of hydrogen-bond donors (Lipinski definition) is 1. The molecule has 2 N–H and O–H groups in total. The first-order valence-electron chi connectivity index (χ1n) is 6.75. The van der Waals surface area contributed by atoms with E-state index in [4.69, 9.17) is 5.73 Å². The van der Waals surface area contributed by atoms with Gasteiger partial charge >= 0.3 is 0 Å². The van der Waals surface area contributed by atoms with Crippen molar-refractivity contribution >= 4 is 32.1 Å². The molecular weight excluding hydrogens is 296 g/mol. The molecule has 0 aromatic carbocycles. The van der Waals surface area contributed by atoms with Crippen LogP contribution in [-0.4, -0.2) is 35.2 Å². The molecule has 2 aromatic heterocycles. The number of anilines is 1. The average Bonchev–Trinajstić information content (AvgIpc) is 2.98. The molecule has 0 spiro atoms. The maximum absolute atomic E-state index is 12.8. The molecule has 0 bridgehead atoms. The van der Waals surface area contributed by atoms with Gasteiger partial charge in [-0.15, -0.1) is 11.3 Å². The summed E-state index contributed by atoms with van der Waals surface area (Å²) in [5, 5.41) is 1.92. The van der Waals surface area contributed by atoms with Gasteiger partial charge in [0, 0.05) is 24.7 Å². The van der Waals surface area contributed by atoms with Crippen LogP contribution in [0.15, 0.2) is 16.6 Å². The van der Waals surface area contributed by atoms with E-state index in [1.807, 2.05) is 5.38 Å². The minimum absolute atomic E-state index is 0.0921. The van der Waals surface area contributed by atoms with Crippen molar-refractivity contribution in [2.75, 3.05) is 18.8 Å². The number of nitrogen functional groups attached to an aromatic ring is 1. The monoisotopic (exact) mass is 314 g/mol. The molecule has 0 aliphatic carbocycles. The lowest BCUT2D eigenvalue weighted by Crippen LogP contribution is -2.39. The molecule has 1 aliphatic rings. The molecule has 110 valence electrons. The highest BCUT2D eigenvalue weighted by Crippen LogP contribution is 2.29. The van der Waals surface area contributed by atoms with Crippen LogP contribution in [0.2, 0.25) is 0 Å². The lowest BCUT2D eigenvalue weighted by Gasteiger charge is -2.30. The number of nitrogens with zero attached hydrogens (tertiary/aromatic N) is 3. The van der Waals surface area contributed by atoms with Crippen LogP contribution in [0.25, 0.3) is 4.96 Å². The zero-order chi connectivity index (χ0) is 14.3. The third-order valence-electron chi connectivity index (χ3n) is 3.98. The molecule has 20 heavy (non-hydrogen) atoms. The van der Waals surface area contributed by atoms with E-state index in [-0.39, 0.29) is 10.8 Å². The molecule has 6 nitrogen and oxygen atoms in total. The summed E-state index contributed by atoms with van der Waals surface area (Å²) < 4.78 is 28.6. The third-order valence-corrected chi connectivity index (χ3v) is 6.67. The van der Waals surface area contributed by atoms with E-state index in [2.05, 4.69) is 11.9 Å². The van der Waals surface area contributed by atoms with E-state index >= 15 is 0 Å². The van der Waals surface area contributed by atoms with Crippen LogP contribution in [-0.2, 0) is 10.0 Å². The number of aromatic nitrogens is 2. The Labute approximate surface area is 122 Å². The Morgan fingerprint density at radius 1 is 1.45 bits per heavy atom. The smallest absolute Gasteiger partial charge is 0.262 e. The number of imidazole rings is 1. The number of piperidine rings is 1. The molecule has 3 heterocycles. The summed E-state index contributed by atoms with van der Waals surface area (Å²) in [6.45, 7) is 3.29. The quantitative estimate of drug-likeness (QED) is 0.936. The summed E-state index contributed by atoms with van der Waals surface area (Å²) in [4.78, 5) is 4.73. The molecule has 0 radical (unpaired) electrons. The second-order valence-electron chi connectivity index (χ2n) is 5.11. The van der Waals surface area contributed by atoms with Crippen LogP contribution < -0.4 is 5.73 Å². The van der Waals surface area contributed by atoms with E-state index in [1.54, 1.807) is 10.6 Å². The molecule has 8 heteroatoms. The molecule has 0 saturated carbocycles. The molecule has 0 amide bonds. The predicted molar refractivity (Wildman–Crippen MR) is 79.3 cm³/mol. The van der Waals surface area contributed by atoms with Gasteiger partial charge in [0.1, 0.15) is 0 Å². The van der Waals surface area contributed by atoms with Crippen molar-refractivity contribution in [3.05, 3.63) is 11.6 Å². The number of fused-ring (bicyclic) bond motifs is 1. The summed E-state index contributed by atoms with van der Waals surface area (Å²) in [7, 11) is -3.56. The maximum atomic E-state index is 12.8. The van der Waals surface area contributed by atoms with E-state index in [1.165, 1.54) is 15.6 Å². The van der Waals surface area contributed by atoms with Gasteiger partial charge in [-0.1, -0.05) is 13.3 Å². The SMILES string of the molecule is CCC1CCN(S(=O)(=O)c2c(N)nc3sccn23)CC1. The van der Waals surface area contributed by atoms with Gasteiger partial charge in [0.15, 0.2) is 15.8 Å². The van der Waals surface area contributed by atoms with Gasteiger partial charge in [-0.25, -0.2) is 13.4 Å². The minimum Gasteiger partial charge on any atom is -0.381 e. The Balaban J connectivity index is 1.96. The number of nitrogens with two attached hydrogens (primary N) is 1. The fourth-order valence-corrected chi connectivity index (χ4v) is 5.14. The van der Waals surface area contributed by atoms with E-state index in [9.17, 15) is 8.42 Å². The molecule has 0 unspecified atom stereocenters. The Morgan fingerprint density at radius 2 is 2.15 bits per heavy atom. The van der Waals surface area contributed by atoms with E-state index in [0.29, 0.717) is 24.0 Å². The highest BCUT2D eigenvalue weighted by molar-refractivity contribution is 7.89. The van der Waals surface area contributed by atoms with Gasteiger partial charge < -0.3 is 5.73 Å². The molecule has 0 atom stereocenters. The van der Waals surface area contributed by atoms with Gasteiger partial charge in [0.05, 0.1) is 0 Å². The van der Waals surface area contributed by atoms with Gasteiger partial charge in [0.25, 0.3) is 10.0 Å². The van der Waals surface area contributed by atoms with Crippen LogP contribution >= 0.6 is 11.3 Å². The summed E-state index contributed by atoms with van der Waals surface area (Å²) in [5.74, 6) is 0.722. The molecule has 1 aliphatic heterocycles. The van der Waals surface area contributed by atoms with Crippen molar-refractivity contribution in [1.82, 2.24) is 13.7 Å². The normalized spacial score (nSPS) is 18.9. The molecule has 1 saturated heterocycles. The summed E-state index contributed by atoms with van der Waals surface area (Å²) in [6, 6.07) is 0. The Hall–Kier alpha value is -1.12. The zero-order valence-electron chi connectivity index (χ0n) is 11.3. The first kappa shape index (κ1) is 13.8. The van der Waals surface area contributed by atoms with Crippen LogP contribution in [0.1, 0.15) is 26.2 Å². The van der Waals surface area contributed by atoms with Gasteiger partial charge in [-0.2, -0.15) is 4.31 Å². The Kier molecular flexibility index (Phi) is 3.47. The van der Waals surface area contributed by atoms with Gasteiger partial charge in [-0.3, -0.25) is 4.40 Å². The Morgan fingerprint density at radius 3 is 2.80 bits per heavy atom. The second kappa shape index (κ2) is 5.01. The highest BCUT2D eigenvalue weighted by atomic mass is 32.2. The summed E-state index contributed by atoms with van der Waals surface area (Å²) in [5.41, 5.74) is 5.81. The molecule has 1 fully saturated rings. The van der Waals surface area contributed by atoms with Crippen molar-refractivity contribution in [2.45, 2.75) is 31.2 Å². The van der Waals surface area contributed by atoms with Crippen molar-refractivity contribution in [3.63, 3.8) is 0 Å². The first-order valence-corrected chi connectivity index (χ1v) is 9.07. The Bertz CT molecular complexity index is 711. The number of thiazole rings is 1. The van der Waals surface area contributed by atoms with Gasteiger partial charge in [-0.05, 0) is 18.8 Å². The maximum Gasteiger partial charge on any atom is 0.262 e. The topological polar surface area (TPSA) is 80.7 Å². The van der Waals surface area contributed by atoms with Crippen molar-refractivity contribution < 1.29 is 8.42 Å². The van der Waals surface area contributed by atoms with Crippen LogP contribution in [0.3, 0.4) is 0 Å². The largest absolute Gasteiger partial charge is 0.381 e. The fourth-order valence-electron chi connectivity index (χ4n) is 2.72. The third kappa shape index (κ3) is 2.11. The minimum atomic E-state index is -3.56. The predicted octanol–water partition coefficient (Wildman–Crippen LogP) is 1.79. The fraction of sp³-hybridized carbons (Fsp3) is 0.583. The molecule has 2 aromatic rings.